The van der Waals surface area contributed by atoms with Crippen molar-refractivity contribution in [2.24, 2.45) is 5.92 Å². The van der Waals surface area contributed by atoms with Crippen LogP contribution in [0.15, 0.2) is 59.1 Å². The zero-order valence-electron chi connectivity index (χ0n) is 27.2. The van der Waals surface area contributed by atoms with E-state index in [2.05, 4.69) is 0 Å². The molecule has 0 aromatic heterocycles. The monoisotopic (exact) mass is 697 g/mol. The van der Waals surface area contributed by atoms with Gasteiger partial charge < -0.3 is 24.0 Å². The molecule has 16 nitrogen and oxygen atoms in total. The van der Waals surface area contributed by atoms with Crippen LogP contribution in [0.25, 0.3) is 0 Å². The molecule has 5 atom stereocenters. The molecule has 0 radical (unpaired) electrons. The lowest BCUT2D eigenvalue weighted by molar-refractivity contribution is -0.385. The number of likely N-dealkylation sites (tertiary alicyclic amines) is 1. The van der Waals surface area contributed by atoms with Crippen LogP contribution < -0.4 is 0 Å². The second kappa shape index (κ2) is 14.6. The number of hydrogen-bond acceptors (Lipinski definition) is 13. The smallest absolute Gasteiger partial charge is 0.456 e. The molecule has 3 aliphatic rings. The van der Waals surface area contributed by atoms with Gasteiger partial charge >= 0.3 is 12.1 Å². The highest BCUT2D eigenvalue weighted by atomic mass is 32.2. The quantitative estimate of drug-likeness (QED) is 0.135. The fourth-order valence-corrected chi connectivity index (χ4v) is 7.74. The molecule has 3 aliphatic heterocycles. The third kappa shape index (κ3) is 7.67. The highest BCUT2D eigenvalue weighted by Crippen LogP contribution is 2.50. The summed E-state index contributed by atoms with van der Waals surface area (Å²) in [6.07, 6.45) is -1.08. The maximum atomic E-state index is 13.6. The number of hydrogen-bond donors (Lipinski definition) is 0. The maximum absolute atomic E-state index is 13.6. The molecule has 0 bridgehead atoms. The highest BCUT2D eigenvalue weighted by Gasteiger charge is 2.58. The molecule has 2 fully saturated rings. The third-order valence-corrected chi connectivity index (χ3v) is 10.0. The number of non-ortho nitro benzene ring substituents is 2. The first-order chi connectivity index (χ1) is 23.2. The first-order valence-corrected chi connectivity index (χ1v) is 16.2. The molecule has 49 heavy (non-hydrogen) atoms. The lowest BCUT2D eigenvalue weighted by Crippen LogP contribution is -2.62. The Balaban J connectivity index is 1.26. The van der Waals surface area contributed by atoms with Gasteiger partial charge in [0, 0.05) is 61.5 Å². The van der Waals surface area contributed by atoms with Crippen molar-refractivity contribution < 1.29 is 43.2 Å². The van der Waals surface area contributed by atoms with E-state index in [1.54, 1.807) is 21.0 Å². The Bertz CT molecular complexity index is 1680. The van der Waals surface area contributed by atoms with Gasteiger partial charge in [0.25, 0.3) is 11.4 Å². The van der Waals surface area contributed by atoms with E-state index in [4.69, 9.17) is 14.2 Å². The van der Waals surface area contributed by atoms with Crippen LogP contribution in [0, 0.1) is 26.1 Å². The van der Waals surface area contributed by atoms with Crippen LogP contribution in [-0.2, 0) is 41.8 Å². The molecule has 3 heterocycles. The average Bonchev–Trinajstić information content (AvgIpc) is 3.59. The largest absolute Gasteiger partial charge is 0.508 e. The van der Waals surface area contributed by atoms with E-state index in [0.717, 1.165) is 0 Å². The van der Waals surface area contributed by atoms with Gasteiger partial charge in [-0.25, -0.2) is 9.59 Å². The summed E-state index contributed by atoms with van der Waals surface area (Å²) in [7, 11) is 5.25. The minimum atomic E-state index is -1.02. The second-order valence-electron chi connectivity index (χ2n) is 12.2. The molecule has 3 unspecified atom stereocenters. The Hall–Kier alpha value is -5.03. The Morgan fingerprint density at radius 2 is 1.51 bits per heavy atom. The number of fused-ring (bicyclic) bond motifs is 1. The molecule has 5 rings (SSSR count). The summed E-state index contributed by atoms with van der Waals surface area (Å²) in [6.45, 7) is 1.76. The van der Waals surface area contributed by atoms with Gasteiger partial charge in [0.2, 0.25) is 11.8 Å². The number of amides is 2. The van der Waals surface area contributed by atoms with Gasteiger partial charge in [-0.2, -0.15) is 0 Å². The number of nitro groups is 2. The van der Waals surface area contributed by atoms with Crippen LogP contribution >= 0.6 is 11.8 Å². The van der Waals surface area contributed by atoms with Crippen LogP contribution in [0.4, 0.5) is 16.2 Å². The van der Waals surface area contributed by atoms with Crippen LogP contribution in [-0.4, -0.2) is 99.6 Å². The van der Waals surface area contributed by atoms with Gasteiger partial charge in [-0.3, -0.25) is 34.7 Å². The minimum absolute atomic E-state index is 0.0285. The molecule has 2 aromatic carbocycles. The Morgan fingerprint density at radius 3 is 2.04 bits per heavy atom. The molecule has 2 saturated heterocycles. The number of carbonyl (C=O) groups is 4. The fraction of sp³-hybridized carbons (Fsp3) is 0.438. The first-order valence-electron chi connectivity index (χ1n) is 15.4. The van der Waals surface area contributed by atoms with E-state index >= 15 is 0 Å². The van der Waals surface area contributed by atoms with Gasteiger partial charge in [-0.1, -0.05) is 0 Å². The average molecular weight is 698 g/mol. The van der Waals surface area contributed by atoms with Gasteiger partial charge in [-0.15, -0.1) is 11.8 Å². The number of esters is 1. The molecular formula is C32H35N5O11S. The fourth-order valence-electron chi connectivity index (χ4n) is 6.18. The summed E-state index contributed by atoms with van der Waals surface area (Å²) >= 11 is 1.42. The van der Waals surface area contributed by atoms with Crippen molar-refractivity contribution in [1.29, 1.82) is 0 Å². The molecule has 2 amide bonds. The van der Waals surface area contributed by atoms with E-state index in [-0.39, 0.29) is 47.5 Å². The Labute approximate surface area is 285 Å². The normalized spacial score (nSPS) is 22.2. The van der Waals surface area contributed by atoms with Crippen LogP contribution in [0.2, 0.25) is 0 Å². The molecular weight excluding hydrogens is 662 g/mol. The van der Waals surface area contributed by atoms with E-state index in [9.17, 15) is 39.4 Å². The number of thioether (sulfide) groups is 1. The molecule has 260 valence electrons. The summed E-state index contributed by atoms with van der Waals surface area (Å²) in [4.78, 5) is 78.6. The van der Waals surface area contributed by atoms with E-state index < -0.39 is 45.9 Å². The zero-order valence-corrected chi connectivity index (χ0v) is 28.0. The van der Waals surface area contributed by atoms with Crippen molar-refractivity contribution in [2.75, 3.05) is 27.7 Å². The number of β-lactam (4-membered cyclic amide) rings is 1. The van der Waals surface area contributed by atoms with Crippen molar-refractivity contribution in [2.45, 2.75) is 56.4 Å². The van der Waals surface area contributed by atoms with Crippen molar-refractivity contribution in [3.8, 4) is 0 Å². The lowest BCUT2D eigenvalue weighted by atomic mass is 9.83. The predicted octanol–water partition coefficient (Wildman–Crippen LogP) is 3.62. The standard InChI is InChI=1S/C32H35N5O11S/c1-18(48-32(41)47-17-20-7-11-22(12-8-20)37(44)45)27-24-14-26(49-23-13-25(34(4)15-23)29(38)33(2)3)28(35(24)30(27)39)31(40)46-16-19-5-9-21(10-6-19)36(42)43/h5-12,18,23-25,27H,13-17H2,1-4H3/t18?,23?,24-,25?,27+/m0/s1. The van der Waals surface area contributed by atoms with Gasteiger partial charge in [0.1, 0.15) is 25.0 Å². The summed E-state index contributed by atoms with van der Waals surface area (Å²) in [5, 5.41) is 21.8. The number of ether oxygens (including phenoxy) is 3. The molecule has 17 heteroatoms. The van der Waals surface area contributed by atoms with Gasteiger partial charge in [-0.05, 0) is 55.8 Å². The van der Waals surface area contributed by atoms with Crippen LogP contribution in [0.1, 0.15) is 30.9 Å². The highest BCUT2D eigenvalue weighted by molar-refractivity contribution is 8.03. The molecule has 2 aromatic rings. The van der Waals surface area contributed by atoms with Crippen LogP contribution in [0.3, 0.4) is 0 Å². The number of nitro benzene ring substituents is 2. The summed E-state index contributed by atoms with van der Waals surface area (Å²) in [6, 6.07) is 10.2. The number of nitrogens with zero attached hydrogens (tertiary/aromatic N) is 5. The summed E-state index contributed by atoms with van der Waals surface area (Å²) in [5.41, 5.74) is 0.911. The number of rotatable bonds is 12. The molecule has 0 aliphatic carbocycles. The Kier molecular flexibility index (Phi) is 10.5. The maximum Gasteiger partial charge on any atom is 0.508 e. The third-order valence-electron chi connectivity index (χ3n) is 8.72. The topological polar surface area (TPSA) is 192 Å². The molecule has 0 saturated carbocycles. The van der Waals surface area contributed by atoms with Gasteiger partial charge in [0.15, 0.2) is 0 Å². The Morgan fingerprint density at radius 1 is 0.959 bits per heavy atom. The minimum Gasteiger partial charge on any atom is -0.456 e. The van der Waals surface area contributed by atoms with E-state index in [1.165, 1.54) is 70.1 Å². The number of benzene rings is 2. The predicted molar refractivity (Wildman–Crippen MR) is 174 cm³/mol. The molecule has 0 spiro atoms. The van der Waals surface area contributed by atoms with Crippen LogP contribution in [0.5, 0.6) is 0 Å². The lowest BCUT2D eigenvalue weighted by Gasteiger charge is -2.45. The zero-order chi connectivity index (χ0) is 35.6. The summed E-state index contributed by atoms with van der Waals surface area (Å²) < 4.78 is 16.2. The van der Waals surface area contributed by atoms with E-state index in [0.29, 0.717) is 35.4 Å². The SMILES string of the molecule is CC(OC(=O)OCc1ccc([N+](=O)[O-])cc1)[C@H]1C(=O)N2C(C(=O)OCc3ccc([N+](=O)[O-])cc3)=C(SC3CC(C(=O)N(C)C)N(C)C3)C[C@@H]12. The first kappa shape index (κ1) is 35.3. The summed E-state index contributed by atoms with van der Waals surface area (Å²) in [5.74, 6) is -1.96. The van der Waals surface area contributed by atoms with Crippen molar-refractivity contribution in [1.82, 2.24) is 14.7 Å². The number of carbonyl (C=O) groups excluding carboxylic acids is 4. The molecule has 0 N–H and O–H groups in total. The van der Waals surface area contributed by atoms with E-state index in [1.807, 2.05) is 11.9 Å². The van der Waals surface area contributed by atoms with Crippen molar-refractivity contribution in [3.05, 3.63) is 90.5 Å². The van der Waals surface area contributed by atoms with Crippen molar-refractivity contribution >= 4 is 47.1 Å². The van der Waals surface area contributed by atoms with Crippen molar-refractivity contribution in [3.63, 3.8) is 0 Å². The van der Waals surface area contributed by atoms with Gasteiger partial charge in [0.05, 0.1) is 27.8 Å². The second-order valence-corrected chi connectivity index (χ2v) is 13.6. The number of likely N-dealkylation sites (N-methyl/N-ethyl adjacent to an activating group) is 2.